The minimum absolute atomic E-state index is 0.0937. The Kier molecular flexibility index (Phi) is 4.12. The minimum atomic E-state index is -4.15. The van der Waals surface area contributed by atoms with Crippen molar-refractivity contribution < 1.29 is 22.3 Å². The Hall–Kier alpha value is -1.30. The predicted molar refractivity (Wildman–Crippen MR) is 50.8 cm³/mol. The second kappa shape index (κ2) is 5.16. The van der Waals surface area contributed by atoms with Crippen LogP contribution in [0.15, 0.2) is 24.3 Å². The molecule has 0 fully saturated rings. The second-order valence-electron chi connectivity index (χ2n) is 3.16. The third-order valence-corrected chi connectivity index (χ3v) is 1.93. The molecule has 0 amide bonds. The highest BCUT2D eigenvalue weighted by atomic mass is 19.3. The summed E-state index contributed by atoms with van der Waals surface area (Å²) in [7, 11) is 0. The highest BCUT2D eigenvalue weighted by Gasteiger charge is 2.41. The first-order chi connectivity index (χ1) is 7.47. The zero-order valence-corrected chi connectivity index (χ0v) is 8.30. The molecule has 0 heterocycles. The van der Waals surface area contributed by atoms with Crippen LogP contribution in [0.3, 0.4) is 0 Å². The van der Waals surface area contributed by atoms with Gasteiger partial charge < -0.3 is 10.5 Å². The lowest BCUT2D eigenvalue weighted by Crippen LogP contribution is -2.33. The van der Waals surface area contributed by atoms with Crippen LogP contribution < -0.4 is 10.5 Å². The lowest BCUT2D eigenvalue weighted by atomic mass is 10.2. The third-order valence-electron chi connectivity index (χ3n) is 1.93. The number of para-hydroxylation sites is 1. The van der Waals surface area contributed by atoms with E-state index in [2.05, 4.69) is 4.74 Å². The topological polar surface area (TPSA) is 35.2 Å². The molecule has 0 aliphatic rings. The maximum absolute atomic E-state index is 12.6. The highest BCUT2D eigenvalue weighted by molar-refractivity contribution is 5.33. The van der Waals surface area contributed by atoms with E-state index in [1.54, 1.807) is 18.2 Å². The van der Waals surface area contributed by atoms with Crippen molar-refractivity contribution >= 4 is 0 Å². The summed E-state index contributed by atoms with van der Waals surface area (Å²) in [6.45, 7) is -1.27. The third kappa shape index (κ3) is 3.10. The normalized spacial score (nSPS) is 11.9. The summed E-state index contributed by atoms with van der Waals surface area (Å²) < 4.78 is 53.5. The predicted octanol–water partition coefficient (Wildman–Crippen LogP) is 2.42. The van der Waals surface area contributed by atoms with Gasteiger partial charge in [0.05, 0.1) is 0 Å². The van der Waals surface area contributed by atoms with Gasteiger partial charge in [-0.15, -0.1) is 0 Å². The van der Waals surface area contributed by atoms with Crippen molar-refractivity contribution in [1.29, 1.82) is 0 Å². The van der Waals surface area contributed by atoms with Crippen LogP contribution in [0, 0.1) is 0 Å². The van der Waals surface area contributed by atoms with Gasteiger partial charge in [-0.05, 0) is 6.07 Å². The first kappa shape index (κ1) is 12.8. The number of halogens is 4. The lowest BCUT2D eigenvalue weighted by Gasteiger charge is -2.17. The van der Waals surface area contributed by atoms with E-state index in [9.17, 15) is 17.6 Å². The monoisotopic (exact) mass is 237 g/mol. The molecule has 0 saturated heterocycles. The van der Waals surface area contributed by atoms with Gasteiger partial charge in [-0.3, -0.25) is 0 Å². The summed E-state index contributed by atoms with van der Waals surface area (Å²) in [5.41, 5.74) is 5.83. The number of rotatable bonds is 5. The van der Waals surface area contributed by atoms with Crippen molar-refractivity contribution in [1.82, 2.24) is 0 Å². The fraction of sp³-hybridized carbons (Fsp3) is 0.400. The molecule has 0 bridgehead atoms. The van der Waals surface area contributed by atoms with E-state index in [1.165, 1.54) is 6.07 Å². The van der Waals surface area contributed by atoms with Gasteiger partial charge in [-0.2, -0.15) is 8.78 Å². The fourth-order valence-electron chi connectivity index (χ4n) is 1.05. The van der Waals surface area contributed by atoms with Gasteiger partial charge in [0.25, 0.3) is 0 Å². The number of alkyl halides is 4. The molecule has 1 rings (SSSR count). The standard InChI is InChI=1S/C10H11F4NO/c11-9(12)10(13,14)6-16-8-4-2-1-3-7(8)5-15/h1-4,9H,5-6,15H2. The second-order valence-corrected chi connectivity index (χ2v) is 3.16. The molecule has 90 valence electrons. The van der Waals surface area contributed by atoms with Gasteiger partial charge in [-0.25, -0.2) is 8.78 Å². The van der Waals surface area contributed by atoms with Crippen LogP contribution >= 0.6 is 0 Å². The van der Waals surface area contributed by atoms with Gasteiger partial charge in [0.1, 0.15) is 5.75 Å². The Morgan fingerprint density at radius 3 is 2.44 bits per heavy atom. The molecule has 1 aromatic rings. The molecule has 2 nitrogen and oxygen atoms in total. The molecule has 2 N–H and O–H groups in total. The summed E-state index contributed by atoms with van der Waals surface area (Å²) in [5, 5.41) is 0. The molecule has 0 radical (unpaired) electrons. The van der Waals surface area contributed by atoms with Crippen LogP contribution in [0.4, 0.5) is 17.6 Å². The van der Waals surface area contributed by atoms with Crippen LogP contribution in [0.5, 0.6) is 5.75 Å². The van der Waals surface area contributed by atoms with Crippen molar-refractivity contribution in [3.63, 3.8) is 0 Å². The molecule has 1 aromatic carbocycles. The van der Waals surface area contributed by atoms with Crippen LogP contribution in [0.2, 0.25) is 0 Å². The summed E-state index contributed by atoms with van der Waals surface area (Å²) in [4.78, 5) is 0. The zero-order valence-electron chi connectivity index (χ0n) is 8.30. The molecule has 0 atom stereocenters. The highest BCUT2D eigenvalue weighted by Crippen LogP contribution is 2.25. The number of benzene rings is 1. The molecule has 0 spiro atoms. The van der Waals surface area contributed by atoms with Gasteiger partial charge in [0.15, 0.2) is 6.61 Å². The van der Waals surface area contributed by atoms with E-state index in [0.29, 0.717) is 5.56 Å². The maximum Gasteiger partial charge on any atom is 0.340 e. The Morgan fingerprint density at radius 2 is 1.88 bits per heavy atom. The Balaban J connectivity index is 2.67. The van der Waals surface area contributed by atoms with Crippen LogP contribution in [0.1, 0.15) is 5.56 Å². The summed E-state index contributed by atoms with van der Waals surface area (Å²) >= 11 is 0. The van der Waals surface area contributed by atoms with Crippen molar-refractivity contribution in [3.8, 4) is 5.75 Å². The van der Waals surface area contributed by atoms with E-state index < -0.39 is 19.0 Å². The van der Waals surface area contributed by atoms with Gasteiger partial charge in [-0.1, -0.05) is 18.2 Å². The minimum Gasteiger partial charge on any atom is -0.487 e. The zero-order chi connectivity index (χ0) is 12.2. The molecule has 6 heteroatoms. The SMILES string of the molecule is NCc1ccccc1OCC(F)(F)C(F)F. The van der Waals surface area contributed by atoms with Crippen molar-refractivity contribution in [2.45, 2.75) is 18.9 Å². The molecular weight excluding hydrogens is 226 g/mol. The molecule has 0 aromatic heterocycles. The van der Waals surface area contributed by atoms with Crippen LogP contribution in [-0.4, -0.2) is 19.0 Å². The first-order valence-electron chi connectivity index (χ1n) is 4.54. The number of nitrogens with two attached hydrogens (primary N) is 1. The first-order valence-corrected chi connectivity index (χ1v) is 4.54. The van der Waals surface area contributed by atoms with Gasteiger partial charge in [0.2, 0.25) is 0 Å². The smallest absolute Gasteiger partial charge is 0.340 e. The summed E-state index contributed by atoms with van der Waals surface area (Å²) in [6.07, 6.45) is -3.74. The molecule has 0 unspecified atom stereocenters. The van der Waals surface area contributed by atoms with Crippen LogP contribution in [0.25, 0.3) is 0 Å². The van der Waals surface area contributed by atoms with E-state index in [4.69, 9.17) is 5.73 Å². The number of hydrogen-bond donors (Lipinski definition) is 1. The molecule has 16 heavy (non-hydrogen) atoms. The van der Waals surface area contributed by atoms with Crippen LogP contribution in [-0.2, 0) is 6.54 Å². The summed E-state index contributed by atoms with van der Waals surface area (Å²) in [6, 6.07) is 6.19. The van der Waals surface area contributed by atoms with Gasteiger partial charge >= 0.3 is 12.3 Å². The molecule has 0 aliphatic carbocycles. The van der Waals surface area contributed by atoms with Gasteiger partial charge in [0, 0.05) is 12.1 Å². The van der Waals surface area contributed by atoms with Crippen molar-refractivity contribution in [2.75, 3.05) is 6.61 Å². The number of hydrogen-bond acceptors (Lipinski definition) is 2. The summed E-state index contributed by atoms with van der Waals surface area (Å²) in [5.74, 6) is -4.05. The van der Waals surface area contributed by atoms with E-state index >= 15 is 0 Å². The molecular formula is C10H11F4NO. The maximum atomic E-state index is 12.6. The Labute approximate surface area is 90.0 Å². The quantitative estimate of drug-likeness (QED) is 0.798. The average molecular weight is 237 g/mol. The van der Waals surface area contributed by atoms with E-state index in [0.717, 1.165) is 0 Å². The Morgan fingerprint density at radius 1 is 1.25 bits per heavy atom. The van der Waals surface area contributed by atoms with Crippen molar-refractivity contribution in [3.05, 3.63) is 29.8 Å². The molecule has 0 saturated carbocycles. The fourth-order valence-corrected chi connectivity index (χ4v) is 1.05. The average Bonchev–Trinajstić information content (AvgIpc) is 2.26. The Bertz CT molecular complexity index is 343. The largest absolute Gasteiger partial charge is 0.487 e. The lowest BCUT2D eigenvalue weighted by molar-refractivity contribution is -0.148. The molecule has 0 aliphatic heterocycles. The number of ether oxygens (including phenoxy) is 1. The van der Waals surface area contributed by atoms with E-state index in [1.807, 2.05) is 0 Å². The van der Waals surface area contributed by atoms with Crippen molar-refractivity contribution in [2.24, 2.45) is 5.73 Å². The van der Waals surface area contributed by atoms with E-state index in [-0.39, 0.29) is 12.3 Å².